The summed E-state index contributed by atoms with van der Waals surface area (Å²) in [5.74, 6) is 11.1. The van der Waals surface area contributed by atoms with E-state index in [0.29, 0.717) is 125 Å². The lowest BCUT2D eigenvalue weighted by molar-refractivity contribution is -0.191. The maximum Gasteiger partial charge on any atom is 0.446 e. The van der Waals surface area contributed by atoms with Crippen LogP contribution in [0.25, 0.3) is 0 Å². The number of alkyl halides is 5. The Labute approximate surface area is 784 Å². The second-order valence-corrected chi connectivity index (χ2v) is 34.8. The van der Waals surface area contributed by atoms with Crippen molar-refractivity contribution in [3.05, 3.63) is 172 Å². The summed E-state index contributed by atoms with van der Waals surface area (Å²) in [6.07, 6.45) is -6.15. The van der Waals surface area contributed by atoms with Crippen LogP contribution in [-0.4, -0.2) is 195 Å². The van der Waals surface area contributed by atoms with Crippen molar-refractivity contribution in [2.24, 2.45) is 76.6 Å². The number of hydroxylamine groups is 6. The Morgan fingerprint density at radius 2 is 0.742 bits per heavy atom. The van der Waals surface area contributed by atoms with Crippen LogP contribution >= 0.6 is 23.2 Å². The highest BCUT2D eigenvalue weighted by Crippen LogP contribution is 2.29. The van der Waals surface area contributed by atoms with Crippen molar-refractivity contribution in [2.75, 3.05) is 38.7 Å². The molecule has 5 aromatic carbocycles. The van der Waals surface area contributed by atoms with E-state index in [1.54, 1.807) is 118 Å². The van der Waals surface area contributed by atoms with E-state index in [2.05, 4.69) is 73.4 Å². The van der Waals surface area contributed by atoms with Crippen molar-refractivity contribution in [2.45, 2.75) is 233 Å². The highest BCUT2D eigenvalue weighted by atomic mass is 35.5. The predicted molar refractivity (Wildman–Crippen MR) is 496 cm³/mol. The number of rotatable bonds is 36. The van der Waals surface area contributed by atoms with Crippen LogP contribution in [0.4, 0.5) is 13.2 Å². The number of aldehydes is 1. The van der Waals surface area contributed by atoms with Crippen LogP contribution in [0.2, 0.25) is 0 Å². The van der Waals surface area contributed by atoms with Crippen LogP contribution in [0.5, 0.6) is 5.75 Å². The van der Waals surface area contributed by atoms with Crippen LogP contribution in [0.15, 0.2) is 133 Å². The van der Waals surface area contributed by atoms with Gasteiger partial charge in [-0.15, -0.1) is 38.4 Å². The number of esters is 1. The first-order chi connectivity index (χ1) is 61.4. The zero-order valence-corrected chi connectivity index (χ0v) is 81.4. The van der Waals surface area contributed by atoms with Crippen LogP contribution in [0, 0.1) is 53.3 Å². The number of ether oxygens (including phenoxy) is 3. The number of para-hydroxylation sites is 1. The highest BCUT2D eigenvalue weighted by molar-refractivity contribution is 6.40. The molecule has 5 aromatic rings. The molecule has 0 unspecified atom stereocenters. The molecule has 8 rings (SSSR count). The molecule has 0 saturated heterocycles. The smallest absolute Gasteiger partial charge is 0.446 e. The van der Waals surface area contributed by atoms with Gasteiger partial charge in [-0.2, -0.15) is 13.2 Å². The van der Waals surface area contributed by atoms with Gasteiger partial charge in [0, 0.05) is 32.2 Å². The second kappa shape index (κ2) is 69.6. The van der Waals surface area contributed by atoms with Crippen molar-refractivity contribution in [3.8, 4) is 5.75 Å². The first-order valence-electron chi connectivity index (χ1n) is 42.7. The van der Waals surface area contributed by atoms with Gasteiger partial charge in [0.05, 0.1) is 38.7 Å². The Morgan fingerprint density at radius 3 is 1.03 bits per heavy atom. The molecule has 5 atom stereocenters. The van der Waals surface area contributed by atoms with Gasteiger partial charge >= 0.3 is 18.1 Å². The third-order valence-corrected chi connectivity index (χ3v) is 16.8. The van der Waals surface area contributed by atoms with Gasteiger partial charge in [0.15, 0.2) is 36.0 Å². The number of Topliss-reactive ketones (excluding diaryl/α,β-unsaturated/α-hetero) is 2. The molecule has 33 nitrogen and oxygen atoms in total. The molecule has 0 saturated carbocycles. The Bertz CT molecular complexity index is 4130. The number of nitrogens with zero attached hydrogens (tertiary/aromatic N) is 3. The number of benzene rings is 5. The molecule has 0 bridgehead atoms. The minimum atomic E-state index is -4.64. The number of fused-ring (bicyclic) bond motifs is 3. The Morgan fingerprint density at radius 1 is 0.455 bits per heavy atom. The van der Waals surface area contributed by atoms with E-state index >= 15 is 0 Å². The molecule has 132 heavy (non-hydrogen) atoms. The topological polar surface area (TPSA) is 513 Å². The third kappa shape index (κ3) is 53.5. The fourth-order valence-electron chi connectivity index (χ4n) is 10.6. The van der Waals surface area contributed by atoms with Crippen molar-refractivity contribution < 1.29 is 130 Å². The Balaban J connectivity index is -0.000000727. The minimum absolute atomic E-state index is 0. The maximum atomic E-state index is 12.4. The number of halogens is 5. The summed E-state index contributed by atoms with van der Waals surface area (Å²) in [5.41, 5.74) is 6.71. The van der Waals surface area contributed by atoms with Crippen molar-refractivity contribution in [1.82, 2.24) is 25.8 Å². The van der Waals surface area contributed by atoms with Crippen LogP contribution < -0.4 is 38.7 Å². The van der Waals surface area contributed by atoms with E-state index in [0.717, 1.165) is 20.1 Å². The Hall–Kier alpha value is -10.2. The highest BCUT2D eigenvalue weighted by Gasteiger charge is 2.43. The predicted octanol–water partition coefficient (Wildman–Crippen LogP) is 14.0. The molecule has 0 spiro atoms. The summed E-state index contributed by atoms with van der Waals surface area (Å²) in [7, 11) is 1.00. The summed E-state index contributed by atoms with van der Waals surface area (Å²) in [4.78, 5) is 185. The van der Waals surface area contributed by atoms with E-state index < -0.39 is 96.0 Å². The summed E-state index contributed by atoms with van der Waals surface area (Å²) in [6.45, 7) is 43.7. The van der Waals surface area contributed by atoms with Gasteiger partial charge in [-0.25, -0.2) is 30.0 Å². The number of nitrogens with one attached hydrogen (secondary N) is 2. The molecule has 3 heterocycles. The standard InChI is InChI=1S/C19H28O3.C18H24N2O4.C18H23NO5.C14H15NO5.C10H22N2O2.C7H6O2.C4H11N.C2HF3O.CH2Cl2.CH4O.H4N2.H2O/c1-14(2)10-11-17(20)19(12-15(3)4)22-13-18(21)16-8-6-5-7-9-16;1-11(2)9-15(16(21)19-10-12(3)4)24-20-17(22)13-7-5-6-8-14(13)18(20)23;1-11(2)10-14(17(22)23-18(3,4)5)24-19-15(20)12-8-6-7-9-13(12)16(19)21;1-8(2)7-11(14(18)19)20-15-12(16)9-5-3-4-6-10(9)13(15)17;1-7(2)5-9(14-11)10(13)12-6-8(3)4;8-6-9-7-4-2-1-3-5-7;1-4(2)3-5;3-2(4,5)1-6;2-1-3;2*1-2;/h5-9,14-15,19H,10-13H2,1-4H3;5-8,11-12,15H,9-10H2,1-4H3,(H,19,21);6-9,11,14H,10H2,1-5H3;3-6,8,11H,7H2,1-2H3,(H,18,19);7-9H,5-6,11H2,1-4H3,(H,12,13);1-6H;4H,3,5H2,1-2H3;1H;1H2;2H,1H3;1-2H2;1H2/t19-;15-;14-;11-;9-;;;;;;;/m11111......./s1. The first kappa shape index (κ1) is 128. The number of hydrogen-bond acceptors (Lipinski definition) is 26. The van der Waals surface area contributed by atoms with Crippen molar-refractivity contribution >= 4 is 107 Å². The number of carbonyl (C=O) groups is 14. The molecular weight excluding hydrogens is 1770 g/mol. The molecule has 3 aliphatic rings. The van der Waals surface area contributed by atoms with Gasteiger partial charge < -0.3 is 46.3 Å². The van der Waals surface area contributed by atoms with Crippen LogP contribution in [0.3, 0.4) is 0 Å². The number of hydrogen-bond donors (Lipinski definition) is 8. The van der Waals surface area contributed by atoms with E-state index in [9.17, 15) is 75.5 Å². The third-order valence-electron chi connectivity index (χ3n) is 16.8. The normalized spacial score (nSPS) is 13.2. The van der Waals surface area contributed by atoms with Gasteiger partial charge in [-0.05, 0) is 168 Å². The average Bonchev–Trinajstić information content (AvgIpc) is 1.65. The van der Waals surface area contributed by atoms with Crippen LogP contribution in [-0.2, 0) is 62.4 Å². The van der Waals surface area contributed by atoms with Crippen LogP contribution in [0.1, 0.15) is 263 Å². The van der Waals surface area contributed by atoms with Crippen molar-refractivity contribution in [3.63, 3.8) is 0 Å². The number of hydrazine groups is 1. The number of imide groups is 3. The lowest BCUT2D eigenvalue weighted by Gasteiger charge is -2.26. The van der Waals surface area contributed by atoms with E-state index in [1.165, 1.54) is 12.1 Å². The van der Waals surface area contributed by atoms with Gasteiger partial charge in [0.2, 0.25) is 6.29 Å². The zero-order chi connectivity index (χ0) is 101. The summed E-state index contributed by atoms with van der Waals surface area (Å²) >= 11 is 9.53. The number of aliphatic carboxylic acids is 1. The Kier molecular flexibility index (Phi) is 67.6. The van der Waals surface area contributed by atoms with Gasteiger partial charge in [-0.1, -0.05) is 210 Å². The number of ketones is 2. The monoisotopic (exact) mass is 1910 g/mol. The fraction of sp³-hybridized carbons (Fsp3) is 0.532. The molecule has 742 valence electrons. The van der Waals surface area contributed by atoms with E-state index in [4.69, 9.17) is 73.8 Å². The number of aliphatic hydroxyl groups excluding tert-OH is 1. The first-order valence-corrected chi connectivity index (χ1v) is 43.8. The number of aliphatic hydroxyl groups is 1. The number of carboxylic acid groups (broad SMARTS) is 1. The number of carbonyl (C=O) groups excluding carboxylic acids is 13. The lowest BCUT2D eigenvalue weighted by atomic mass is 9.97. The fourth-order valence-corrected chi connectivity index (χ4v) is 10.6. The average molecular weight is 1910 g/mol. The number of amides is 8. The molecule has 0 radical (unpaired) electrons. The molecule has 38 heteroatoms. The molecule has 0 aliphatic carbocycles. The molecule has 3 aliphatic heterocycles. The number of nitrogens with two attached hydrogens (primary N) is 4. The SMILES string of the molecule is CC(C)CCC(=O)[C@@H](CC(C)C)OCC(=O)c1ccccc1.CC(C)CN.CC(C)CNC(=O)[C@@H](CC(C)C)ON.CC(C)CNC(=O)[C@@H](CC(C)C)ON1C(=O)c2ccccc2C1=O.CC(C)C[C@@H](ON1C(=O)c2ccccc2C1=O)C(=O)O.CC(C)C[C@@H](ON1C(=O)c2ccccc2C1=O)C(=O)OC(C)(C)C.CO.ClCCl.NN.O.O=CC(F)(F)F.O=COc1ccccc1. The maximum absolute atomic E-state index is 12.4. The lowest BCUT2D eigenvalue weighted by Crippen LogP contribution is -2.44. The van der Waals surface area contributed by atoms with E-state index in [-0.39, 0.29) is 87.2 Å². The minimum Gasteiger partial charge on any atom is -0.479 e. The molecule has 0 fully saturated rings. The quantitative estimate of drug-likeness (QED) is 0.00351. The second-order valence-electron chi connectivity index (χ2n) is 34.0. The number of carboxylic acids is 1. The molecule has 8 amide bonds. The summed E-state index contributed by atoms with van der Waals surface area (Å²) in [6, 6.07) is 37.3. The van der Waals surface area contributed by atoms with Gasteiger partial charge in [0.1, 0.15) is 24.1 Å². The largest absolute Gasteiger partial charge is 0.479 e. The summed E-state index contributed by atoms with van der Waals surface area (Å²) < 4.78 is 46.8. The van der Waals surface area contributed by atoms with Gasteiger partial charge in [-0.3, -0.25) is 74.1 Å². The summed E-state index contributed by atoms with van der Waals surface area (Å²) in [5, 5.41) is 23.8. The van der Waals surface area contributed by atoms with E-state index in [1.807, 2.05) is 107 Å². The van der Waals surface area contributed by atoms with Crippen molar-refractivity contribution in [1.29, 1.82) is 0 Å². The zero-order valence-electron chi connectivity index (χ0n) is 79.9. The van der Waals surface area contributed by atoms with Gasteiger partial charge in [0.25, 0.3) is 53.7 Å². The molecule has 0 aromatic heterocycles. The molecular formula is C94H142Cl2F3N9O24. The molecule has 14 N–H and O–H groups in total.